The topological polar surface area (TPSA) is 53.2 Å². The second-order valence-electron chi connectivity index (χ2n) is 5.71. The average molecular weight is 297 g/mol. The number of hydrogen-bond donors (Lipinski definition) is 1. The molecule has 2 saturated heterocycles. The van der Waals surface area contributed by atoms with Crippen molar-refractivity contribution in [1.82, 2.24) is 0 Å². The van der Waals surface area contributed by atoms with Crippen LogP contribution >= 0.6 is 0 Å². The van der Waals surface area contributed by atoms with Crippen LogP contribution in [0.25, 0.3) is 0 Å². The monoisotopic (exact) mass is 297 g/mol. The fourth-order valence-corrected chi connectivity index (χ4v) is 3.39. The molecule has 0 aromatic heterocycles. The number of alkyl halides is 3. The van der Waals surface area contributed by atoms with E-state index in [1.54, 1.807) is 0 Å². The van der Waals surface area contributed by atoms with Crippen LogP contribution in [-0.2, 0) is 10.9 Å². The van der Waals surface area contributed by atoms with Gasteiger partial charge in [0.15, 0.2) is 0 Å². The number of nitriles is 1. The van der Waals surface area contributed by atoms with Gasteiger partial charge in [0, 0.05) is 0 Å². The molecular weight excluding hydrogens is 283 g/mol. The number of benzene rings is 1. The summed E-state index contributed by atoms with van der Waals surface area (Å²) in [6.07, 6.45) is -4.36. The molecule has 3 nitrogen and oxygen atoms in total. The fraction of sp³-hybridized carbons (Fsp3) is 0.533. The predicted octanol–water partition coefficient (Wildman–Crippen LogP) is 3.20. The third-order valence-corrected chi connectivity index (χ3v) is 4.47. The van der Waals surface area contributed by atoms with Gasteiger partial charge in [0.25, 0.3) is 0 Å². The van der Waals surface area contributed by atoms with E-state index in [2.05, 4.69) is 6.07 Å². The van der Waals surface area contributed by atoms with E-state index in [0.29, 0.717) is 12.8 Å². The first-order valence-corrected chi connectivity index (χ1v) is 6.79. The Morgan fingerprint density at radius 3 is 2.67 bits per heavy atom. The van der Waals surface area contributed by atoms with Crippen molar-refractivity contribution in [2.45, 2.75) is 43.8 Å². The SMILES string of the molecule is N#CC1(C(O)c2cccc(C(F)(F)F)c2)CC2CCC1O2. The van der Waals surface area contributed by atoms with E-state index < -0.39 is 29.4 Å². The Balaban J connectivity index is 1.95. The molecule has 4 unspecified atom stereocenters. The minimum absolute atomic E-state index is 0.0740. The molecule has 2 fully saturated rings. The molecule has 6 heteroatoms. The summed E-state index contributed by atoms with van der Waals surface area (Å²) in [6.45, 7) is 0. The van der Waals surface area contributed by atoms with Crippen LogP contribution in [0.4, 0.5) is 13.2 Å². The fourth-order valence-electron chi connectivity index (χ4n) is 3.39. The highest BCUT2D eigenvalue weighted by Gasteiger charge is 2.57. The van der Waals surface area contributed by atoms with Crippen LogP contribution < -0.4 is 0 Å². The van der Waals surface area contributed by atoms with Crippen LogP contribution in [0.2, 0.25) is 0 Å². The number of rotatable bonds is 2. The van der Waals surface area contributed by atoms with Gasteiger partial charge in [0.1, 0.15) is 11.5 Å². The Morgan fingerprint density at radius 2 is 2.14 bits per heavy atom. The van der Waals surface area contributed by atoms with E-state index in [0.717, 1.165) is 18.6 Å². The highest BCUT2D eigenvalue weighted by Crippen LogP contribution is 2.54. The second-order valence-corrected chi connectivity index (χ2v) is 5.71. The van der Waals surface area contributed by atoms with Crippen molar-refractivity contribution < 1.29 is 23.0 Å². The van der Waals surface area contributed by atoms with Gasteiger partial charge >= 0.3 is 6.18 Å². The third-order valence-electron chi connectivity index (χ3n) is 4.47. The van der Waals surface area contributed by atoms with E-state index in [1.165, 1.54) is 12.1 Å². The van der Waals surface area contributed by atoms with Crippen LogP contribution in [0, 0.1) is 16.7 Å². The number of hydrogen-bond acceptors (Lipinski definition) is 3. The maximum Gasteiger partial charge on any atom is 0.416 e. The zero-order valence-corrected chi connectivity index (χ0v) is 11.1. The van der Waals surface area contributed by atoms with Crippen molar-refractivity contribution >= 4 is 0 Å². The Hall–Kier alpha value is -1.58. The van der Waals surface area contributed by atoms with Crippen LogP contribution in [-0.4, -0.2) is 17.3 Å². The van der Waals surface area contributed by atoms with E-state index in [1.807, 2.05) is 0 Å². The molecule has 2 bridgehead atoms. The molecule has 2 aliphatic rings. The van der Waals surface area contributed by atoms with Crippen LogP contribution in [0.1, 0.15) is 36.5 Å². The van der Waals surface area contributed by atoms with Gasteiger partial charge in [-0.25, -0.2) is 0 Å². The van der Waals surface area contributed by atoms with Crippen LogP contribution in [0.15, 0.2) is 24.3 Å². The summed E-state index contributed by atoms with van der Waals surface area (Å²) in [4.78, 5) is 0. The molecule has 4 atom stereocenters. The molecule has 3 rings (SSSR count). The van der Waals surface area contributed by atoms with E-state index in [9.17, 15) is 23.5 Å². The van der Waals surface area contributed by atoms with Gasteiger partial charge in [-0.15, -0.1) is 0 Å². The number of nitrogens with zero attached hydrogens (tertiary/aromatic N) is 1. The first-order valence-electron chi connectivity index (χ1n) is 6.79. The van der Waals surface area contributed by atoms with Crippen molar-refractivity contribution in [3.05, 3.63) is 35.4 Å². The quantitative estimate of drug-likeness (QED) is 0.912. The summed E-state index contributed by atoms with van der Waals surface area (Å²) < 4.78 is 43.9. The normalized spacial score (nSPS) is 32.9. The van der Waals surface area contributed by atoms with Gasteiger partial charge in [0.2, 0.25) is 0 Å². The smallest absolute Gasteiger partial charge is 0.387 e. The standard InChI is InChI=1S/C15H14F3NO2/c16-15(17,18)10-3-1-2-9(6-10)13(20)14(8-19)7-11-4-5-12(14)21-11/h1-3,6,11-13,20H,4-5,7H2. The summed E-state index contributed by atoms with van der Waals surface area (Å²) >= 11 is 0. The second kappa shape index (κ2) is 4.72. The molecule has 0 amide bonds. The molecule has 1 aromatic rings. The molecule has 1 aromatic carbocycles. The number of aliphatic hydroxyl groups is 1. The summed E-state index contributed by atoms with van der Waals surface area (Å²) in [7, 11) is 0. The molecule has 2 aliphatic heterocycles. The molecule has 21 heavy (non-hydrogen) atoms. The number of ether oxygens (including phenoxy) is 1. The molecule has 0 radical (unpaired) electrons. The zero-order chi connectivity index (χ0) is 15.3. The first-order chi connectivity index (χ1) is 9.87. The summed E-state index contributed by atoms with van der Waals surface area (Å²) in [5.74, 6) is 0. The molecule has 0 aliphatic carbocycles. The number of aliphatic hydroxyl groups excluding tert-OH is 1. The van der Waals surface area contributed by atoms with Gasteiger partial charge in [-0.05, 0) is 37.0 Å². The van der Waals surface area contributed by atoms with Crippen molar-refractivity contribution in [2.75, 3.05) is 0 Å². The average Bonchev–Trinajstić information content (AvgIpc) is 3.06. The van der Waals surface area contributed by atoms with E-state index >= 15 is 0 Å². The minimum Gasteiger partial charge on any atom is -0.387 e. The van der Waals surface area contributed by atoms with Crippen molar-refractivity contribution in [2.24, 2.45) is 5.41 Å². The van der Waals surface area contributed by atoms with E-state index in [-0.39, 0.29) is 11.7 Å². The van der Waals surface area contributed by atoms with Crippen molar-refractivity contribution in [3.8, 4) is 6.07 Å². The summed E-state index contributed by atoms with van der Waals surface area (Å²) in [5, 5.41) is 20.0. The maximum atomic E-state index is 12.8. The highest BCUT2D eigenvalue weighted by atomic mass is 19.4. The third kappa shape index (κ3) is 2.21. The predicted molar refractivity (Wildman–Crippen MR) is 67.0 cm³/mol. The van der Waals surface area contributed by atoms with Crippen molar-refractivity contribution in [3.63, 3.8) is 0 Å². The lowest BCUT2D eigenvalue weighted by Gasteiger charge is -2.33. The molecule has 1 N–H and O–H groups in total. The van der Waals surface area contributed by atoms with Crippen molar-refractivity contribution in [1.29, 1.82) is 5.26 Å². The maximum absolute atomic E-state index is 12.8. The lowest BCUT2D eigenvalue weighted by Crippen LogP contribution is -2.37. The van der Waals surface area contributed by atoms with Gasteiger partial charge in [0.05, 0.1) is 23.8 Å². The lowest BCUT2D eigenvalue weighted by atomic mass is 9.69. The Bertz CT molecular complexity index is 595. The number of halogens is 3. The molecule has 2 heterocycles. The van der Waals surface area contributed by atoms with E-state index in [4.69, 9.17) is 4.74 Å². The number of fused-ring (bicyclic) bond motifs is 2. The Kier molecular flexibility index (Phi) is 3.23. The molecular formula is C15H14F3NO2. The Labute approximate surface area is 120 Å². The Morgan fingerprint density at radius 1 is 1.38 bits per heavy atom. The lowest BCUT2D eigenvalue weighted by molar-refractivity contribution is -0.137. The van der Waals surface area contributed by atoms with Crippen LogP contribution in [0.3, 0.4) is 0 Å². The molecule has 0 saturated carbocycles. The van der Waals surface area contributed by atoms with Gasteiger partial charge in [-0.2, -0.15) is 18.4 Å². The zero-order valence-electron chi connectivity index (χ0n) is 11.1. The summed E-state index contributed by atoms with van der Waals surface area (Å²) in [6, 6.07) is 6.64. The first kappa shape index (κ1) is 14.4. The highest BCUT2D eigenvalue weighted by molar-refractivity contribution is 5.31. The van der Waals surface area contributed by atoms with Gasteiger partial charge < -0.3 is 9.84 Å². The van der Waals surface area contributed by atoms with Gasteiger partial charge in [-0.1, -0.05) is 12.1 Å². The molecule has 112 valence electrons. The van der Waals surface area contributed by atoms with Gasteiger partial charge in [-0.3, -0.25) is 0 Å². The summed E-state index contributed by atoms with van der Waals surface area (Å²) in [5.41, 5.74) is -1.86. The largest absolute Gasteiger partial charge is 0.416 e. The molecule has 0 spiro atoms. The van der Waals surface area contributed by atoms with Crippen LogP contribution in [0.5, 0.6) is 0 Å². The minimum atomic E-state index is -4.47.